The highest BCUT2D eigenvalue weighted by atomic mass is 32.2. The van der Waals surface area contributed by atoms with Crippen molar-refractivity contribution in [2.45, 2.75) is 57.3 Å². The Morgan fingerprint density at radius 3 is 2.30 bits per heavy atom. The minimum absolute atomic E-state index is 0.0494. The predicted octanol–water partition coefficient (Wildman–Crippen LogP) is 5.50. The zero-order valence-corrected chi connectivity index (χ0v) is 25.3. The Balaban J connectivity index is 1.59. The van der Waals surface area contributed by atoms with E-state index in [4.69, 9.17) is 5.10 Å². The van der Waals surface area contributed by atoms with Gasteiger partial charge in [-0.05, 0) is 62.1 Å². The van der Waals surface area contributed by atoms with Crippen LogP contribution in [0, 0.1) is 11.3 Å². The summed E-state index contributed by atoms with van der Waals surface area (Å²) in [6.45, 7) is 4.94. The lowest BCUT2D eigenvalue weighted by Crippen LogP contribution is -2.43. The Hall–Kier alpha value is -4.33. The summed E-state index contributed by atoms with van der Waals surface area (Å²) in [5.41, 5.74) is 3.13. The molecule has 0 unspecified atom stereocenters. The van der Waals surface area contributed by atoms with Crippen molar-refractivity contribution in [1.82, 2.24) is 19.0 Å². The van der Waals surface area contributed by atoms with Crippen molar-refractivity contribution < 1.29 is 18.0 Å². The van der Waals surface area contributed by atoms with Gasteiger partial charge in [-0.1, -0.05) is 56.5 Å². The van der Waals surface area contributed by atoms with E-state index in [1.165, 1.54) is 4.31 Å². The number of sulfonamides is 1. The zero-order chi connectivity index (χ0) is 30.6. The fourth-order valence-electron chi connectivity index (χ4n) is 5.48. The molecule has 0 radical (unpaired) electrons. The first-order valence-electron chi connectivity index (χ1n) is 14.7. The third-order valence-electron chi connectivity index (χ3n) is 7.95. The Kier molecular flexibility index (Phi) is 9.04. The van der Waals surface area contributed by atoms with Crippen LogP contribution in [0.25, 0.3) is 23.0 Å². The van der Waals surface area contributed by atoms with Gasteiger partial charge in [0.25, 0.3) is 11.8 Å². The fourth-order valence-corrected chi connectivity index (χ4v) is 6.99. The largest absolute Gasteiger partial charge is 0.274 e. The molecule has 1 aromatic heterocycles. The molecule has 0 spiro atoms. The van der Waals surface area contributed by atoms with Crippen LogP contribution in [0.3, 0.4) is 0 Å². The lowest BCUT2D eigenvalue weighted by atomic mass is 9.93. The van der Waals surface area contributed by atoms with Gasteiger partial charge in [0.15, 0.2) is 0 Å². The van der Waals surface area contributed by atoms with E-state index in [2.05, 4.69) is 0 Å². The molecular weight excluding hydrogens is 562 g/mol. The molecule has 0 bridgehead atoms. The number of hydrogen-bond acceptors (Lipinski definition) is 6. The van der Waals surface area contributed by atoms with Crippen molar-refractivity contribution >= 4 is 27.9 Å². The normalized spacial score (nSPS) is 17.5. The first kappa shape index (κ1) is 30.1. The first-order valence-corrected chi connectivity index (χ1v) is 16.1. The van der Waals surface area contributed by atoms with Gasteiger partial charge < -0.3 is 0 Å². The molecule has 2 amide bonds. The molecule has 43 heavy (non-hydrogen) atoms. The number of piperidine rings is 1. The van der Waals surface area contributed by atoms with Crippen molar-refractivity contribution in [2.24, 2.45) is 0 Å². The van der Waals surface area contributed by atoms with Gasteiger partial charge in [0.05, 0.1) is 16.3 Å². The fraction of sp³-hybridized carbons (Fsp3) is 0.333. The molecule has 10 heteroatoms. The zero-order valence-electron chi connectivity index (χ0n) is 24.5. The molecule has 1 fully saturated rings. The third kappa shape index (κ3) is 6.10. The van der Waals surface area contributed by atoms with E-state index in [1.807, 2.05) is 43.3 Å². The Morgan fingerprint density at radius 1 is 0.953 bits per heavy atom. The molecule has 1 saturated heterocycles. The van der Waals surface area contributed by atoms with E-state index < -0.39 is 21.8 Å². The van der Waals surface area contributed by atoms with Gasteiger partial charge >= 0.3 is 0 Å². The van der Waals surface area contributed by atoms with Crippen LogP contribution in [-0.4, -0.2) is 58.9 Å². The number of carbonyl (C=O) groups is 2. The van der Waals surface area contributed by atoms with Gasteiger partial charge in [-0.2, -0.15) is 14.7 Å². The number of nitrogens with zero attached hydrogens (tertiary/aromatic N) is 5. The smallest absolute Gasteiger partial charge is 0.271 e. The Morgan fingerprint density at radius 2 is 1.65 bits per heavy atom. The maximum absolute atomic E-state index is 13.6. The highest BCUT2D eigenvalue weighted by Gasteiger charge is 2.35. The van der Waals surface area contributed by atoms with E-state index in [0.29, 0.717) is 41.9 Å². The monoisotopic (exact) mass is 597 g/mol. The molecule has 0 N–H and O–H groups in total. The second-order valence-electron chi connectivity index (χ2n) is 10.8. The van der Waals surface area contributed by atoms with Gasteiger partial charge in [-0.3, -0.25) is 14.5 Å². The summed E-state index contributed by atoms with van der Waals surface area (Å²) in [5, 5.41) is 14.6. The summed E-state index contributed by atoms with van der Waals surface area (Å²) in [4.78, 5) is 28.0. The molecular formula is C33H35N5O4S. The topological polar surface area (TPSA) is 116 Å². The van der Waals surface area contributed by atoms with Crippen LogP contribution in [0.15, 0.2) is 82.4 Å². The molecule has 0 saturated carbocycles. The number of imide groups is 1. The van der Waals surface area contributed by atoms with Gasteiger partial charge in [0.2, 0.25) is 10.0 Å². The number of para-hydroxylation sites is 1. The second kappa shape index (κ2) is 12.9. The van der Waals surface area contributed by atoms with Crippen LogP contribution in [0.1, 0.15) is 57.9 Å². The van der Waals surface area contributed by atoms with E-state index >= 15 is 0 Å². The number of hydrogen-bond donors (Lipinski definition) is 0. The quantitative estimate of drug-likeness (QED) is 0.183. The molecule has 3 aromatic rings. The van der Waals surface area contributed by atoms with Gasteiger partial charge in [-0.25, -0.2) is 13.1 Å². The van der Waals surface area contributed by atoms with Crippen LogP contribution >= 0.6 is 0 Å². The van der Waals surface area contributed by atoms with Crippen molar-refractivity contribution in [1.29, 1.82) is 5.26 Å². The molecule has 222 valence electrons. The highest BCUT2D eigenvalue weighted by Crippen LogP contribution is 2.32. The molecule has 2 aromatic carbocycles. The summed E-state index contributed by atoms with van der Waals surface area (Å²) in [6, 6.07) is 18.1. The lowest BCUT2D eigenvalue weighted by Gasteiger charge is -2.27. The molecule has 0 atom stereocenters. The standard InChI is InChI=1S/C33H35N5O4S/c1-3-4-9-20-37-32(39)29(24(2)30(22-34)33(37)40)21-26-23-38(27-12-7-5-8-13-27)35-31(26)25-14-16-28(17-15-25)43(41,42)36-18-10-6-11-19-36/h5,7-8,12-17,21,23H,3-4,6,9-11,18-20H2,1-2H3/b29-21+. The van der Waals surface area contributed by atoms with Crippen LogP contribution < -0.4 is 0 Å². The van der Waals surface area contributed by atoms with Crippen LogP contribution in [0.4, 0.5) is 0 Å². The summed E-state index contributed by atoms with van der Waals surface area (Å²) in [5.74, 6) is -1.01. The average molecular weight is 598 g/mol. The van der Waals surface area contributed by atoms with Crippen molar-refractivity contribution in [2.75, 3.05) is 19.6 Å². The van der Waals surface area contributed by atoms with Gasteiger partial charge in [-0.15, -0.1) is 0 Å². The number of rotatable bonds is 9. The summed E-state index contributed by atoms with van der Waals surface area (Å²) >= 11 is 0. The molecule has 0 aliphatic carbocycles. The number of nitriles is 1. The van der Waals surface area contributed by atoms with Crippen LogP contribution in [0.5, 0.6) is 0 Å². The van der Waals surface area contributed by atoms with Crippen LogP contribution in [-0.2, 0) is 19.6 Å². The van der Waals surface area contributed by atoms with E-state index in [1.54, 1.807) is 48.1 Å². The predicted molar refractivity (Wildman–Crippen MR) is 164 cm³/mol. The van der Waals surface area contributed by atoms with Crippen molar-refractivity contribution in [3.8, 4) is 23.0 Å². The molecule has 2 aliphatic heterocycles. The number of amides is 2. The molecule has 5 rings (SSSR count). The SMILES string of the molecule is CCCCCN1C(=O)C(C#N)=C(C)/C(=C\c2cn(-c3ccccc3)nc2-c2ccc(S(=O)(=O)N3CCCCC3)cc2)C1=O. The summed E-state index contributed by atoms with van der Waals surface area (Å²) < 4.78 is 29.7. The summed E-state index contributed by atoms with van der Waals surface area (Å²) in [6.07, 6.45) is 8.65. The van der Waals surface area contributed by atoms with E-state index in [-0.39, 0.29) is 22.6 Å². The third-order valence-corrected chi connectivity index (χ3v) is 9.87. The van der Waals surface area contributed by atoms with Gasteiger partial charge in [0.1, 0.15) is 11.6 Å². The molecule has 2 aliphatic rings. The maximum Gasteiger partial charge on any atom is 0.271 e. The number of benzene rings is 2. The molecule has 3 heterocycles. The minimum atomic E-state index is -3.60. The van der Waals surface area contributed by atoms with Gasteiger partial charge in [0, 0.05) is 42.5 Å². The van der Waals surface area contributed by atoms with Crippen LogP contribution in [0.2, 0.25) is 0 Å². The maximum atomic E-state index is 13.6. The minimum Gasteiger partial charge on any atom is -0.274 e. The number of unbranched alkanes of at least 4 members (excludes halogenated alkanes) is 2. The number of aromatic nitrogens is 2. The molecule has 9 nitrogen and oxygen atoms in total. The lowest BCUT2D eigenvalue weighted by molar-refractivity contribution is -0.140. The number of carbonyl (C=O) groups excluding carboxylic acids is 2. The van der Waals surface area contributed by atoms with Crippen molar-refractivity contribution in [3.05, 3.63) is 83.1 Å². The Bertz CT molecular complexity index is 1730. The highest BCUT2D eigenvalue weighted by molar-refractivity contribution is 7.89. The second-order valence-corrected chi connectivity index (χ2v) is 12.8. The average Bonchev–Trinajstić information content (AvgIpc) is 3.46. The first-order chi connectivity index (χ1) is 20.8. The van der Waals surface area contributed by atoms with Crippen molar-refractivity contribution in [3.63, 3.8) is 0 Å². The Labute approximate surface area is 252 Å². The summed E-state index contributed by atoms with van der Waals surface area (Å²) in [7, 11) is -3.60. The van der Waals surface area contributed by atoms with E-state index in [0.717, 1.165) is 42.7 Å². The van der Waals surface area contributed by atoms with E-state index in [9.17, 15) is 23.3 Å².